The average molecular weight is 264 g/mol. The van der Waals surface area contributed by atoms with Crippen LogP contribution < -0.4 is 16.4 Å². The summed E-state index contributed by atoms with van der Waals surface area (Å²) in [7, 11) is 2.07. The maximum atomic E-state index is 11.7. The Labute approximate surface area is 115 Å². The van der Waals surface area contributed by atoms with Gasteiger partial charge >= 0.3 is 0 Å². The van der Waals surface area contributed by atoms with Gasteiger partial charge in [0.1, 0.15) is 0 Å². The largest absolute Gasteiger partial charge is 0.397 e. The van der Waals surface area contributed by atoms with Gasteiger partial charge < -0.3 is 21.3 Å². The quantitative estimate of drug-likeness (QED) is 0.651. The van der Waals surface area contributed by atoms with E-state index in [1.165, 1.54) is 0 Å². The fourth-order valence-corrected chi connectivity index (χ4v) is 1.65. The molecule has 5 heteroatoms. The summed E-state index contributed by atoms with van der Waals surface area (Å²) < 4.78 is 0. The third kappa shape index (κ3) is 4.79. The Balaban J connectivity index is 2.66. The van der Waals surface area contributed by atoms with Crippen molar-refractivity contribution in [2.45, 2.75) is 13.8 Å². The van der Waals surface area contributed by atoms with Crippen LogP contribution in [0.1, 0.15) is 24.2 Å². The first kappa shape index (κ1) is 15.3. The predicted octanol–water partition coefficient (Wildman–Crippen LogP) is 1.38. The maximum Gasteiger partial charge on any atom is 0.251 e. The van der Waals surface area contributed by atoms with E-state index in [1.807, 2.05) is 6.92 Å². The van der Waals surface area contributed by atoms with Gasteiger partial charge in [0.25, 0.3) is 5.91 Å². The minimum atomic E-state index is -0.0729. The van der Waals surface area contributed by atoms with Gasteiger partial charge in [0.05, 0.1) is 11.4 Å². The van der Waals surface area contributed by atoms with Gasteiger partial charge in [-0.15, -0.1) is 0 Å². The number of hydrogen-bond donors (Lipinski definition) is 3. The van der Waals surface area contributed by atoms with Crippen LogP contribution in [-0.2, 0) is 0 Å². The normalized spacial score (nSPS) is 10.5. The lowest BCUT2D eigenvalue weighted by atomic mass is 10.1. The minimum Gasteiger partial charge on any atom is -0.397 e. The fourth-order valence-electron chi connectivity index (χ4n) is 1.65. The molecule has 19 heavy (non-hydrogen) atoms. The van der Waals surface area contributed by atoms with Gasteiger partial charge in [0.2, 0.25) is 0 Å². The van der Waals surface area contributed by atoms with E-state index in [2.05, 4.69) is 29.5 Å². The molecular weight excluding hydrogens is 240 g/mol. The van der Waals surface area contributed by atoms with Crippen LogP contribution in [0.2, 0.25) is 0 Å². The average Bonchev–Trinajstić information content (AvgIpc) is 2.40. The maximum absolute atomic E-state index is 11.7. The van der Waals surface area contributed by atoms with Crippen molar-refractivity contribution in [3.63, 3.8) is 0 Å². The van der Waals surface area contributed by atoms with Crippen LogP contribution in [-0.4, -0.2) is 44.0 Å². The number of nitrogens with two attached hydrogens (primary N) is 1. The Hall–Kier alpha value is -1.75. The first-order valence-electron chi connectivity index (χ1n) is 6.68. The number of carbonyl (C=O) groups excluding carboxylic acids is 1. The van der Waals surface area contributed by atoms with Crippen molar-refractivity contribution in [3.8, 4) is 0 Å². The lowest BCUT2D eigenvalue weighted by Crippen LogP contribution is -2.25. The SMILES string of the molecule is CCNC(=O)c1ccc(N)c(NCCN(C)CC)c1. The lowest BCUT2D eigenvalue weighted by molar-refractivity contribution is 0.0956. The molecule has 0 aliphatic rings. The molecule has 0 spiro atoms. The summed E-state index contributed by atoms with van der Waals surface area (Å²) in [5.74, 6) is -0.0729. The third-order valence-corrected chi connectivity index (χ3v) is 3.00. The van der Waals surface area contributed by atoms with Gasteiger partial charge in [0, 0.05) is 25.2 Å². The van der Waals surface area contributed by atoms with Crippen LogP contribution in [0.25, 0.3) is 0 Å². The van der Waals surface area contributed by atoms with Crippen molar-refractivity contribution in [1.29, 1.82) is 0 Å². The molecule has 0 heterocycles. The molecule has 5 nitrogen and oxygen atoms in total. The summed E-state index contributed by atoms with van der Waals surface area (Å²) in [6.45, 7) is 7.37. The number of nitrogen functional groups attached to an aromatic ring is 1. The summed E-state index contributed by atoms with van der Waals surface area (Å²) in [5, 5.41) is 6.05. The minimum absolute atomic E-state index is 0.0729. The molecule has 1 aromatic carbocycles. The van der Waals surface area contributed by atoms with E-state index < -0.39 is 0 Å². The number of anilines is 2. The summed E-state index contributed by atoms with van der Waals surface area (Å²) in [5.41, 5.74) is 8.00. The zero-order valence-electron chi connectivity index (χ0n) is 12.0. The molecule has 0 bridgehead atoms. The van der Waals surface area contributed by atoms with Crippen molar-refractivity contribution in [3.05, 3.63) is 23.8 Å². The first-order chi connectivity index (χ1) is 9.08. The van der Waals surface area contributed by atoms with Crippen LogP contribution in [0.15, 0.2) is 18.2 Å². The van der Waals surface area contributed by atoms with Gasteiger partial charge in [-0.05, 0) is 38.7 Å². The summed E-state index contributed by atoms with van der Waals surface area (Å²) in [6, 6.07) is 5.30. The fraction of sp³-hybridized carbons (Fsp3) is 0.500. The lowest BCUT2D eigenvalue weighted by Gasteiger charge is -2.16. The first-order valence-corrected chi connectivity index (χ1v) is 6.68. The molecule has 0 saturated carbocycles. The number of nitrogens with zero attached hydrogens (tertiary/aromatic N) is 1. The van der Waals surface area contributed by atoms with Crippen molar-refractivity contribution in [2.24, 2.45) is 0 Å². The zero-order valence-corrected chi connectivity index (χ0v) is 12.0. The molecular formula is C14H24N4O. The molecule has 1 rings (SSSR count). The second-order valence-electron chi connectivity index (χ2n) is 4.48. The van der Waals surface area contributed by atoms with E-state index in [1.54, 1.807) is 18.2 Å². The Morgan fingerprint density at radius 3 is 2.74 bits per heavy atom. The zero-order chi connectivity index (χ0) is 14.3. The molecule has 0 atom stereocenters. The van der Waals surface area contributed by atoms with Crippen LogP contribution in [0.4, 0.5) is 11.4 Å². The van der Waals surface area contributed by atoms with E-state index in [0.29, 0.717) is 17.8 Å². The Morgan fingerprint density at radius 2 is 2.11 bits per heavy atom. The van der Waals surface area contributed by atoms with E-state index in [4.69, 9.17) is 5.73 Å². The van der Waals surface area contributed by atoms with E-state index in [9.17, 15) is 4.79 Å². The van der Waals surface area contributed by atoms with Gasteiger partial charge in [-0.25, -0.2) is 0 Å². The number of amides is 1. The van der Waals surface area contributed by atoms with Gasteiger partial charge in [-0.3, -0.25) is 4.79 Å². The number of likely N-dealkylation sites (N-methyl/N-ethyl adjacent to an activating group) is 1. The number of rotatable bonds is 7. The van der Waals surface area contributed by atoms with Crippen molar-refractivity contribution >= 4 is 17.3 Å². The highest BCUT2D eigenvalue weighted by atomic mass is 16.1. The van der Waals surface area contributed by atoms with Crippen molar-refractivity contribution in [2.75, 3.05) is 44.3 Å². The molecule has 4 N–H and O–H groups in total. The highest BCUT2D eigenvalue weighted by Crippen LogP contribution is 2.19. The van der Waals surface area contributed by atoms with Gasteiger partial charge in [-0.1, -0.05) is 6.92 Å². The Kier molecular flexibility index (Phi) is 6.15. The molecule has 0 aliphatic carbocycles. The molecule has 0 aromatic heterocycles. The van der Waals surface area contributed by atoms with Gasteiger partial charge in [0.15, 0.2) is 0 Å². The van der Waals surface area contributed by atoms with Crippen LogP contribution >= 0.6 is 0 Å². The molecule has 0 aliphatic heterocycles. The number of hydrogen-bond acceptors (Lipinski definition) is 4. The van der Waals surface area contributed by atoms with Gasteiger partial charge in [-0.2, -0.15) is 0 Å². The van der Waals surface area contributed by atoms with Crippen LogP contribution in [0, 0.1) is 0 Å². The third-order valence-electron chi connectivity index (χ3n) is 3.00. The highest BCUT2D eigenvalue weighted by molar-refractivity contribution is 5.96. The molecule has 1 amide bonds. The number of carbonyl (C=O) groups is 1. The van der Waals surface area contributed by atoms with Crippen molar-refractivity contribution < 1.29 is 4.79 Å². The monoisotopic (exact) mass is 264 g/mol. The molecule has 0 radical (unpaired) electrons. The molecule has 0 unspecified atom stereocenters. The second-order valence-corrected chi connectivity index (χ2v) is 4.48. The highest BCUT2D eigenvalue weighted by Gasteiger charge is 2.07. The molecule has 1 aromatic rings. The number of benzene rings is 1. The summed E-state index contributed by atoms with van der Waals surface area (Å²) >= 11 is 0. The van der Waals surface area contributed by atoms with Crippen LogP contribution in [0.5, 0.6) is 0 Å². The van der Waals surface area contributed by atoms with E-state index in [0.717, 1.165) is 25.3 Å². The Bertz CT molecular complexity index is 420. The molecule has 0 saturated heterocycles. The smallest absolute Gasteiger partial charge is 0.251 e. The summed E-state index contributed by atoms with van der Waals surface area (Å²) in [6.07, 6.45) is 0. The number of nitrogens with one attached hydrogen (secondary N) is 2. The molecule has 0 fully saturated rings. The van der Waals surface area contributed by atoms with Crippen LogP contribution in [0.3, 0.4) is 0 Å². The second kappa shape index (κ2) is 7.63. The topological polar surface area (TPSA) is 70.4 Å². The van der Waals surface area contributed by atoms with E-state index in [-0.39, 0.29) is 5.91 Å². The molecule has 106 valence electrons. The Morgan fingerprint density at radius 1 is 1.37 bits per heavy atom. The predicted molar refractivity (Wildman–Crippen MR) is 80.5 cm³/mol. The van der Waals surface area contributed by atoms with Crippen molar-refractivity contribution in [1.82, 2.24) is 10.2 Å². The summed E-state index contributed by atoms with van der Waals surface area (Å²) in [4.78, 5) is 14.0. The van der Waals surface area contributed by atoms with E-state index >= 15 is 0 Å². The standard InChI is InChI=1S/C14H24N4O/c1-4-16-14(19)11-6-7-12(15)13(10-11)17-8-9-18(3)5-2/h6-7,10,17H,4-5,8-9,15H2,1-3H3,(H,16,19).